The van der Waals surface area contributed by atoms with Gasteiger partial charge in [0.05, 0.1) is 25.3 Å². The number of hydrogen-bond donors (Lipinski definition) is 1. The Labute approximate surface area is 166 Å². The molecule has 1 aliphatic heterocycles. The monoisotopic (exact) mass is 489 g/mol. The number of rotatable bonds is 3. The molecule has 9 heteroatoms. The van der Waals surface area contributed by atoms with Crippen LogP contribution in [0.1, 0.15) is 24.0 Å². The van der Waals surface area contributed by atoms with Gasteiger partial charge in [0.25, 0.3) is 0 Å². The zero-order valence-corrected chi connectivity index (χ0v) is 16.6. The highest BCUT2D eigenvalue weighted by atomic mass is 127. The van der Waals surface area contributed by atoms with Gasteiger partial charge < -0.3 is 15.4 Å². The Morgan fingerprint density at radius 3 is 2.48 bits per heavy atom. The summed E-state index contributed by atoms with van der Waals surface area (Å²) in [5.74, 6) is 0.410. The molecule has 1 saturated carbocycles. The summed E-state index contributed by atoms with van der Waals surface area (Å²) in [4.78, 5) is 6.34. The zero-order valence-electron chi connectivity index (χ0n) is 13.5. The molecule has 2 N–H and O–H groups in total. The van der Waals surface area contributed by atoms with Crippen LogP contribution in [0.15, 0.2) is 23.2 Å². The number of nitrogens with two attached hydrogens (primary N) is 1. The maximum absolute atomic E-state index is 13.0. The fourth-order valence-electron chi connectivity index (χ4n) is 2.90. The second-order valence-corrected chi connectivity index (χ2v) is 6.65. The molecule has 0 aromatic heterocycles. The molecular weight excluding hydrogens is 470 g/mol. The van der Waals surface area contributed by atoms with Crippen LogP contribution in [-0.2, 0) is 16.3 Å². The Balaban J connectivity index is 0.00000225. The minimum absolute atomic E-state index is 0. The van der Waals surface area contributed by atoms with Gasteiger partial charge in [-0.15, -0.1) is 24.0 Å². The molecule has 25 heavy (non-hydrogen) atoms. The summed E-state index contributed by atoms with van der Waals surface area (Å²) < 4.78 is 44.1. The van der Waals surface area contributed by atoms with E-state index in [1.54, 1.807) is 0 Å². The van der Waals surface area contributed by atoms with E-state index in [9.17, 15) is 13.2 Å². The van der Waals surface area contributed by atoms with Crippen LogP contribution in [0.3, 0.4) is 0 Å². The Bertz CT molecular complexity index is 644. The van der Waals surface area contributed by atoms with Crippen LogP contribution in [0.4, 0.5) is 13.2 Å². The van der Waals surface area contributed by atoms with E-state index in [1.165, 1.54) is 6.07 Å². The van der Waals surface area contributed by atoms with Gasteiger partial charge in [-0.05, 0) is 36.6 Å². The largest absolute Gasteiger partial charge is 0.416 e. The first-order valence-electron chi connectivity index (χ1n) is 7.82. The summed E-state index contributed by atoms with van der Waals surface area (Å²) in [5.41, 5.74) is 5.40. The maximum atomic E-state index is 13.0. The molecule has 2 aliphatic rings. The molecule has 0 radical (unpaired) electrons. The maximum Gasteiger partial charge on any atom is 0.416 e. The van der Waals surface area contributed by atoms with Gasteiger partial charge in [0.15, 0.2) is 5.96 Å². The Morgan fingerprint density at radius 1 is 1.28 bits per heavy atom. The average molecular weight is 490 g/mol. The van der Waals surface area contributed by atoms with E-state index in [2.05, 4.69) is 4.99 Å². The third-order valence-electron chi connectivity index (χ3n) is 4.60. The molecule has 4 nitrogen and oxygen atoms in total. The summed E-state index contributed by atoms with van der Waals surface area (Å²) in [6.45, 7) is 2.89. The Kier molecular flexibility index (Phi) is 6.48. The number of alkyl halides is 3. The molecule has 1 aliphatic carbocycles. The van der Waals surface area contributed by atoms with Crippen LogP contribution in [0.25, 0.3) is 0 Å². The molecule has 0 spiro atoms. The average Bonchev–Trinajstić information content (AvgIpc) is 3.34. The highest BCUT2D eigenvalue weighted by Gasteiger charge is 2.46. The summed E-state index contributed by atoms with van der Waals surface area (Å²) >= 11 is 6.16. The molecule has 1 heterocycles. The van der Waals surface area contributed by atoms with E-state index in [0.29, 0.717) is 49.4 Å². The minimum Gasteiger partial charge on any atom is -0.378 e. The van der Waals surface area contributed by atoms with Crippen molar-refractivity contribution in [2.75, 3.05) is 32.8 Å². The van der Waals surface area contributed by atoms with E-state index in [-0.39, 0.29) is 24.0 Å². The third-order valence-corrected chi connectivity index (χ3v) is 4.93. The van der Waals surface area contributed by atoms with E-state index >= 15 is 0 Å². The number of halogens is 5. The van der Waals surface area contributed by atoms with Crippen molar-refractivity contribution in [3.05, 3.63) is 34.3 Å². The fourth-order valence-corrected chi connectivity index (χ4v) is 3.21. The quantitative estimate of drug-likeness (QED) is 0.401. The summed E-state index contributed by atoms with van der Waals surface area (Å²) in [7, 11) is 0. The predicted octanol–water partition coefficient (Wildman–Crippen LogP) is 3.66. The summed E-state index contributed by atoms with van der Waals surface area (Å²) in [6, 6.07) is 3.47. The molecule has 0 atom stereocenters. The van der Waals surface area contributed by atoms with Crippen LogP contribution >= 0.6 is 35.6 Å². The van der Waals surface area contributed by atoms with Gasteiger partial charge in [-0.2, -0.15) is 13.2 Å². The zero-order chi connectivity index (χ0) is 17.4. The lowest BCUT2D eigenvalue weighted by Crippen LogP contribution is -2.45. The Hall–Kier alpha value is -0.740. The third kappa shape index (κ3) is 4.71. The lowest BCUT2D eigenvalue weighted by molar-refractivity contribution is -0.137. The number of morpholine rings is 1. The van der Waals surface area contributed by atoms with E-state index in [1.807, 2.05) is 4.90 Å². The normalized spacial score (nSPS) is 20.2. The van der Waals surface area contributed by atoms with Crippen molar-refractivity contribution < 1.29 is 17.9 Å². The first-order chi connectivity index (χ1) is 11.3. The first-order valence-corrected chi connectivity index (χ1v) is 8.19. The summed E-state index contributed by atoms with van der Waals surface area (Å²) in [6.07, 6.45) is -2.87. The van der Waals surface area contributed by atoms with Crippen molar-refractivity contribution in [3.63, 3.8) is 0 Å². The van der Waals surface area contributed by atoms with E-state index in [0.717, 1.165) is 25.0 Å². The van der Waals surface area contributed by atoms with Crippen LogP contribution in [0.5, 0.6) is 0 Å². The second kappa shape index (κ2) is 7.87. The van der Waals surface area contributed by atoms with Crippen LogP contribution in [0.2, 0.25) is 5.02 Å². The number of nitrogens with zero attached hydrogens (tertiary/aromatic N) is 2. The number of aliphatic imine (C=N–C) groups is 1. The molecule has 140 valence electrons. The van der Waals surface area contributed by atoms with Crippen molar-refractivity contribution in [1.82, 2.24) is 4.90 Å². The summed E-state index contributed by atoms with van der Waals surface area (Å²) in [5, 5.41) is 0.348. The van der Waals surface area contributed by atoms with Crippen molar-refractivity contribution in [2.45, 2.75) is 24.4 Å². The van der Waals surface area contributed by atoms with Gasteiger partial charge in [-0.1, -0.05) is 11.6 Å². The molecule has 1 aromatic carbocycles. The SMILES string of the molecule is I.NC(=NCC1(c2cc(C(F)(F)F)ccc2Cl)CC1)N1CCOCC1. The Morgan fingerprint density at radius 2 is 1.92 bits per heavy atom. The lowest BCUT2D eigenvalue weighted by atomic mass is 9.94. The van der Waals surface area contributed by atoms with Crippen LogP contribution in [-0.4, -0.2) is 43.7 Å². The van der Waals surface area contributed by atoms with Crippen molar-refractivity contribution in [2.24, 2.45) is 10.7 Å². The number of ether oxygens (including phenoxy) is 1. The minimum atomic E-state index is -4.38. The topological polar surface area (TPSA) is 50.8 Å². The van der Waals surface area contributed by atoms with Gasteiger partial charge in [0, 0.05) is 23.5 Å². The molecule has 2 fully saturated rings. The lowest BCUT2D eigenvalue weighted by Gasteiger charge is -2.28. The van der Waals surface area contributed by atoms with Crippen LogP contribution < -0.4 is 5.73 Å². The number of benzene rings is 1. The molecule has 0 bridgehead atoms. The molecule has 3 rings (SSSR count). The van der Waals surface area contributed by atoms with E-state index in [4.69, 9.17) is 22.1 Å². The second-order valence-electron chi connectivity index (χ2n) is 6.25. The highest BCUT2D eigenvalue weighted by molar-refractivity contribution is 14.0. The molecule has 0 unspecified atom stereocenters. The van der Waals surface area contributed by atoms with Gasteiger partial charge in [-0.25, -0.2) is 0 Å². The van der Waals surface area contributed by atoms with Crippen molar-refractivity contribution in [1.29, 1.82) is 0 Å². The fraction of sp³-hybridized carbons (Fsp3) is 0.562. The van der Waals surface area contributed by atoms with Crippen molar-refractivity contribution >= 4 is 41.5 Å². The van der Waals surface area contributed by atoms with Crippen molar-refractivity contribution in [3.8, 4) is 0 Å². The van der Waals surface area contributed by atoms with E-state index < -0.39 is 17.2 Å². The standard InChI is InChI=1S/C16H19ClF3N3O.HI/c17-13-2-1-11(16(18,19)20)9-12(13)15(3-4-15)10-22-14(21)23-5-7-24-8-6-23;/h1-2,9H,3-8,10H2,(H2,21,22);1H. The predicted molar refractivity (Wildman–Crippen MR) is 102 cm³/mol. The smallest absolute Gasteiger partial charge is 0.378 e. The number of hydrogen-bond acceptors (Lipinski definition) is 2. The molecule has 0 amide bonds. The highest BCUT2D eigenvalue weighted by Crippen LogP contribution is 2.51. The molecule has 1 aromatic rings. The van der Waals surface area contributed by atoms with Gasteiger partial charge in [0.1, 0.15) is 0 Å². The van der Waals surface area contributed by atoms with Gasteiger partial charge >= 0.3 is 6.18 Å². The van der Waals surface area contributed by atoms with Gasteiger partial charge in [0.2, 0.25) is 0 Å². The molecule has 1 saturated heterocycles. The van der Waals surface area contributed by atoms with Gasteiger partial charge in [-0.3, -0.25) is 4.99 Å². The van der Waals surface area contributed by atoms with Crippen LogP contribution in [0, 0.1) is 0 Å². The first kappa shape index (κ1) is 20.6. The number of guanidine groups is 1. The molecular formula is C16H20ClF3IN3O.